The van der Waals surface area contributed by atoms with Crippen molar-refractivity contribution in [1.29, 1.82) is 0 Å². The third kappa shape index (κ3) is 3.25. The third-order valence-corrected chi connectivity index (χ3v) is 4.92. The molecular weight excluding hydrogens is 226 g/mol. The van der Waals surface area contributed by atoms with Crippen molar-refractivity contribution >= 4 is 5.97 Å². The fourth-order valence-electron chi connectivity index (χ4n) is 4.05. The highest BCUT2D eigenvalue weighted by molar-refractivity contribution is 5.69. The molecule has 3 atom stereocenters. The Morgan fingerprint density at radius 2 is 1.83 bits per heavy atom. The summed E-state index contributed by atoms with van der Waals surface area (Å²) in [7, 11) is 0. The smallest absolute Gasteiger partial charge is 0.317 e. The van der Waals surface area contributed by atoms with Crippen LogP contribution in [0.3, 0.4) is 0 Å². The van der Waals surface area contributed by atoms with E-state index in [2.05, 4.69) is 18.7 Å². The zero-order chi connectivity index (χ0) is 13.1. The Kier molecular flexibility index (Phi) is 4.66. The molecule has 0 aliphatic heterocycles. The van der Waals surface area contributed by atoms with Gasteiger partial charge in [0.2, 0.25) is 0 Å². The molecule has 0 radical (unpaired) electrons. The molecule has 3 unspecified atom stereocenters. The SMILES string of the molecule is CC1CCC(N(CC(=O)O)C2CCCC2)C(C)C1. The van der Waals surface area contributed by atoms with Crippen LogP contribution < -0.4 is 0 Å². The molecule has 0 aromatic carbocycles. The van der Waals surface area contributed by atoms with E-state index < -0.39 is 5.97 Å². The summed E-state index contributed by atoms with van der Waals surface area (Å²) in [6, 6.07) is 1.03. The molecule has 104 valence electrons. The highest BCUT2D eigenvalue weighted by Gasteiger charge is 2.35. The van der Waals surface area contributed by atoms with Gasteiger partial charge in [-0.3, -0.25) is 9.69 Å². The van der Waals surface area contributed by atoms with Gasteiger partial charge >= 0.3 is 5.97 Å². The van der Waals surface area contributed by atoms with Crippen LogP contribution in [-0.4, -0.2) is 34.6 Å². The fourth-order valence-corrected chi connectivity index (χ4v) is 4.05. The van der Waals surface area contributed by atoms with Crippen LogP contribution in [0.1, 0.15) is 58.8 Å². The minimum absolute atomic E-state index is 0.244. The highest BCUT2D eigenvalue weighted by Crippen LogP contribution is 2.35. The second-order valence-electron chi connectivity index (χ2n) is 6.47. The van der Waals surface area contributed by atoms with Gasteiger partial charge in [-0.05, 0) is 43.9 Å². The lowest BCUT2D eigenvalue weighted by Crippen LogP contribution is -2.49. The molecule has 18 heavy (non-hydrogen) atoms. The van der Waals surface area contributed by atoms with Crippen molar-refractivity contribution in [2.24, 2.45) is 11.8 Å². The number of hydrogen-bond acceptors (Lipinski definition) is 2. The minimum atomic E-state index is -0.660. The van der Waals surface area contributed by atoms with E-state index in [0.717, 1.165) is 5.92 Å². The van der Waals surface area contributed by atoms with Crippen LogP contribution in [0.15, 0.2) is 0 Å². The summed E-state index contributed by atoms with van der Waals surface area (Å²) < 4.78 is 0. The fraction of sp³-hybridized carbons (Fsp3) is 0.933. The van der Waals surface area contributed by atoms with Crippen molar-refractivity contribution in [1.82, 2.24) is 4.90 Å². The van der Waals surface area contributed by atoms with Crippen molar-refractivity contribution < 1.29 is 9.90 Å². The predicted molar refractivity (Wildman–Crippen MR) is 72.6 cm³/mol. The molecule has 3 heteroatoms. The number of carboxylic acid groups (broad SMARTS) is 1. The number of aliphatic carboxylic acids is 1. The number of rotatable bonds is 4. The molecule has 0 aromatic rings. The summed E-state index contributed by atoms with van der Waals surface area (Å²) >= 11 is 0. The number of carbonyl (C=O) groups is 1. The normalized spacial score (nSPS) is 34.1. The number of carboxylic acids is 1. The van der Waals surface area contributed by atoms with Crippen LogP contribution in [-0.2, 0) is 4.79 Å². The van der Waals surface area contributed by atoms with E-state index in [9.17, 15) is 9.90 Å². The van der Waals surface area contributed by atoms with Crippen molar-refractivity contribution in [2.75, 3.05) is 6.54 Å². The Morgan fingerprint density at radius 1 is 1.17 bits per heavy atom. The topological polar surface area (TPSA) is 40.5 Å². The van der Waals surface area contributed by atoms with Gasteiger partial charge in [-0.2, -0.15) is 0 Å². The Balaban J connectivity index is 2.04. The van der Waals surface area contributed by atoms with Crippen molar-refractivity contribution in [3.8, 4) is 0 Å². The van der Waals surface area contributed by atoms with Gasteiger partial charge in [0, 0.05) is 12.1 Å². The van der Waals surface area contributed by atoms with E-state index in [0.29, 0.717) is 18.0 Å². The van der Waals surface area contributed by atoms with Crippen LogP contribution in [0.5, 0.6) is 0 Å². The van der Waals surface area contributed by atoms with Crippen LogP contribution in [0.2, 0.25) is 0 Å². The summed E-state index contributed by atoms with van der Waals surface area (Å²) in [4.78, 5) is 13.5. The van der Waals surface area contributed by atoms with Crippen molar-refractivity contribution in [3.63, 3.8) is 0 Å². The summed E-state index contributed by atoms with van der Waals surface area (Å²) in [6.07, 6.45) is 8.66. The minimum Gasteiger partial charge on any atom is -0.480 e. The van der Waals surface area contributed by atoms with Crippen LogP contribution in [0.4, 0.5) is 0 Å². The Hall–Kier alpha value is -0.570. The monoisotopic (exact) mass is 253 g/mol. The molecular formula is C15H27NO2. The van der Waals surface area contributed by atoms with Crippen molar-refractivity contribution in [2.45, 2.75) is 70.9 Å². The molecule has 0 saturated heterocycles. The summed E-state index contributed by atoms with van der Waals surface area (Å²) in [5.74, 6) is 0.799. The largest absolute Gasteiger partial charge is 0.480 e. The second-order valence-corrected chi connectivity index (χ2v) is 6.47. The first-order valence-electron chi connectivity index (χ1n) is 7.55. The van der Waals surface area contributed by atoms with Gasteiger partial charge in [0.25, 0.3) is 0 Å². The number of hydrogen-bond donors (Lipinski definition) is 1. The maximum Gasteiger partial charge on any atom is 0.317 e. The molecule has 2 saturated carbocycles. The lowest BCUT2D eigenvalue weighted by Gasteiger charge is -2.42. The van der Waals surface area contributed by atoms with Crippen molar-refractivity contribution in [3.05, 3.63) is 0 Å². The molecule has 3 nitrogen and oxygen atoms in total. The van der Waals surface area contributed by atoms with Gasteiger partial charge in [0.15, 0.2) is 0 Å². The summed E-state index contributed by atoms with van der Waals surface area (Å²) in [6.45, 7) is 4.88. The summed E-state index contributed by atoms with van der Waals surface area (Å²) in [5.41, 5.74) is 0. The van der Waals surface area contributed by atoms with Gasteiger partial charge in [-0.25, -0.2) is 0 Å². The number of nitrogens with zero attached hydrogens (tertiary/aromatic N) is 1. The Morgan fingerprint density at radius 3 is 2.39 bits per heavy atom. The Labute approximate surface area is 111 Å². The molecule has 0 spiro atoms. The van der Waals surface area contributed by atoms with E-state index in [4.69, 9.17) is 0 Å². The first-order valence-corrected chi connectivity index (χ1v) is 7.55. The van der Waals surface area contributed by atoms with Gasteiger partial charge < -0.3 is 5.11 Å². The highest BCUT2D eigenvalue weighted by atomic mass is 16.4. The molecule has 2 aliphatic carbocycles. The zero-order valence-electron chi connectivity index (χ0n) is 11.8. The lowest BCUT2D eigenvalue weighted by molar-refractivity contribution is -0.140. The molecule has 0 heterocycles. The van der Waals surface area contributed by atoms with E-state index in [1.54, 1.807) is 0 Å². The first kappa shape index (κ1) is 13.9. The quantitative estimate of drug-likeness (QED) is 0.836. The molecule has 0 aromatic heterocycles. The maximum absolute atomic E-state index is 11.1. The predicted octanol–water partition coefficient (Wildman–Crippen LogP) is 3.14. The zero-order valence-corrected chi connectivity index (χ0v) is 11.8. The molecule has 2 fully saturated rings. The van der Waals surface area contributed by atoms with Crippen LogP contribution in [0.25, 0.3) is 0 Å². The third-order valence-electron chi connectivity index (χ3n) is 4.92. The maximum atomic E-state index is 11.1. The van der Waals surface area contributed by atoms with E-state index >= 15 is 0 Å². The average Bonchev–Trinajstić information content (AvgIpc) is 2.79. The Bertz CT molecular complexity index is 286. The van der Waals surface area contributed by atoms with E-state index in [1.165, 1.54) is 44.9 Å². The van der Waals surface area contributed by atoms with E-state index in [1.807, 2.05) is 0 Å². The first-order chi connectivity index (χ1) is 8.58. The summed E-state index contributed by atoms with van der Waals surface area (Å²) in [5, 5.41) is 9.17. The average molecular weight is 253 g/mol. The van der Waals surface area contributed by atoms with Gasteiger partial charge in [0.05, 0.1) is 6.54 Å². The van der Waals surface area contributed by atoms with Gasteiger partial charge in [0.1, 0.15) is 0 Å². The molecule has 2 aliphatic rings. The van der Waals surface area contributed by atoms with Crippen LogP contribution >= 0.6 is 0 Å². The molecule has 1 N–H and O–H groups in total. The molecule has 0 amide bonds. The standard InChI is InChI=1S/C15H27NO2/c1-11-7-8-14(12(2)9-11)16(10-15(17)18)13-5-3-4-6-13/h11-14H,3-10H2,1-2H3,(H,17,18). The van der Waals surface area contributed by atoms with E-state index in [-0.39, 0.29) is 6.54 Å². The molecule has 0 bridgehead atoms. The van der Waals surface area contributed by atoms with Crippen LogP contribution in [0, 0.1) is 11.8 Å². The lowest BCUT2D eigenvalue weighted by atomic mass is 9.78. The molecule has 2 rings (SSSR count). The second kappa shape index (κ2) is 6.05. The van der Waals surface area contributed by atoms with Gasteiger partial charge in [-0.1, -0.05) is 26.7 Å². The van der Waals surface area contributed by atoms with Gasteiger partial charge in [-0.15, -0.1) is 0 Å².